The maximum absolute atomic E-state index is 12.5. The van der Waals surface area contributed by atoms with Crippen LogP contribution in [0.2, 0.25) is 5.02 Å². The fourth-order valence-electron chi connectivity index (χ4n) is 2.81. The fourth-order valence-corrected chi connectivity index (χ4v) is 3.02. The molecule has 1 unspecified atom stereocenters. The molecule has 22 heavy (non-hydrogen) atoms. The quantitative estimate of drug-likeness (QED) is 0.925. The van der Waals surface area contributed by atoms with Gasteiger partial charge in [-0.25, -0.2) is 0 Å². The molecular weight excluding hydrogens is 304 g/mol. The normalized spacial score (nSPS) is 18.8. The lowest BCUT2D eigenvalue weighted by Gasteiger charge is -2.29. The number of piperidine rings is 1. The highest BCUT2D eigenvalue weighted by atomic mass is 35.5. The van der Waals surface area contributed by atoms with Crippen LogP contribution in [0.3, 0.4) is 0 Å². The Morgan fingerprint density at radius 1 is 1.45 bits per heavy atom. The average molecular weight is 321 g/mol. The fraction of sp³-hybridized carbons (Fsp3) is 0.375. The second kappa shape index (κ2) is 5.65. The van der Waals surface area contributed by atoms with Crippen molar-refractivity contribution >= 4 is 34.4 Å². The van der Waals surface area contributed by atoms with Crippen LogP contribution in [0.4, 0.5) is 0 Å². The number of nitrogens with zero attached hydrogens (tertiary/aromatic N) is 1. The minimum Gasteiger partial charge on any atom is -0.449 e. The number of hydrogen-bond donors (Lipinski definition) is 1. The van der Waals surface area contributed by atoms with Gasteiger partial charge >= 0.3 is 0 Å². The molecule has 0 radical (unpaired) electrons. The maximum atomic E-state index is 12.5. The molecule has 0 bridgehead atoms. The van der Waals surface area contributed by atoms with Gasteiger partial charge in [0.05, 0.1) is 5.02 Å². The molecule has 1 saturated heterocycles. The molecule has 1 aromatic heterocycles. The summed E-state index contributed by atoms with van der Waals surface area (Å²) in [5, 5.41) is 4.27. The van der Waals surface area contributed by atoms with Gasteiger partial charge in [-0.2, -0.15) is 0 Å². The average Bonchev–Trinajstić information content (AvgIpc) is 2.82. The van der Waals surface area contributed by atoms with Gasteiger partial charge in [-0.1, -0.05) is 23.7 Å². The third-order valence-corrected chi connectivity index (χ3v) is 4.38. The molecule has 2 amide bonds. The second-order valence-electron chi connectivity index (χ2n) is 5.66. The second-order valence-corrected chi connectivity index (χ2v) is 6.06. The van der Waals surface area contributed by atoms with Crippen molar-refractivity contribution < 1.29 is 14.0 Å². The number of carbonyl (C=O) groups is 2. The molecule has 1 aliphatic rings. The summed E-state index contributed by atoms with van der Waals surface area (Å²) in [4.78, 5) is 25.6. The number of hydrogen-bond acceptors (Lipinski definition) is 3. The van der Waals surface area contributed by atoms with Crippen LogP contribution in [0.15, 0.2) is 22.6 Å². The molecule has 5 nitrogen and oxygen atoms in total. The van der Waals surface area contributed by atoms with Crippen LogP contribution in [-0.4, -0.2) is 36.3 Å². The number of rotatable bonds is 2. The van der Waals surface area contributed by atoms with E-state index in [0.29, 0.717) is 30.0 Å². The molecule has 0 aliphatic carbocycles. The van der Waals surface area contributed by atoms with E-state index in [1.165, 1.54) is 0 Å². The van der Waals surface area contributed by atoms with Crippen molar-refractivity contribution in [3.8, 4) is 0 Å². The summed E-state index contributed by atoms with van der Waals surface area (Å²) in [7, 11) is 1.74. The summed E-state index contributed by atoms with van der Waals surface area (Å²) in [5.41, 5.74) is 1.30. The monoisotopic (exact) mass is 320 g/mol. The Bertz CT molecular complexity index is 753. The van der Waals surface area contributed by atoms with Gasteiger partial charge in [0.2, 0.25) is 5.91 Å². The van der Waals surface area contributed by atoms with Gasteiger partial charge in [0.15, 0.2) is 11.3 Å². The van der Waals surface area contributed by atoms with E-state index in [2.05, 4.69) is 5.32 Å². The van der Waals surface area contributed by atoms with Crippen molar-refractivity contribution in [3.05, 3.63) is 34.5 Å². The number of benzene rings is 1. The lowest BCUT2D eigenvalue weighted by atomic mass is 10.1. The van der Waals surface area contributed by atoms with Crippen molar-refractivity contribution in [2.24, 2.45) is 0 Å². The van der Waals surface area contributed by atoms with Crippen LogP contribution in [0, 0.1) is 6.92 Å². The minimum atomic E-state index is -0.266. The van der Waals surface area contributed by atoms with E-state index in [4.69, 9.17) is 16.0 Å². The molecule has 0 saturated carbocycles. The predicted octanol–water partition coefficient (Wildman–Crippen LogP) is 2.75. The smallest absolute Gasteiger partial charge is 0.287 e. The highest BCUT2D eigenvalue weighted by molar-refractivity contribution is 6.35. The van der Waals surface area contributed by atoms with Gasteiger partial charge in [-0.3, -0.25) is 9.59 Å². The third kappa shape index (κ3) is 2.57. The Kier molecular flexibility index (Phi) is 3.83. The zero-order valence-corrected chi connectivity index (χ0v) is 13.2. The summed E-state index contributed by atoms with van der Waals surface area (Å²) in [6, 6.07) is 5.38. The number of amides is 2. The van der Waals surface area contributed by atoms with E-state index in [1.807, 2.05) is 19.1 Å². The third-order valence-electron chi connectivity index (χ3n) is 4.08. The van der Waals surface area contributed by atoms with Gasteiger partial charge in [-0.05, 0) is 19.4 Å². The van der Waals surface area contributed by atoms with Crippen LogP contribution < -0.4 is 5.32 Å². The number of aryl methyl sites for hydroxylation is 1. The van der Waals surface area contributed by atoms with E-state index < -0.39 is 0 Å². The minimum absolute atomic E-state index is 0.0571. The van der Waals surface area contributed by atoms with Crippen LogP contribution in [0.1, 0.15) is 29.0 Å². The van der Waals surface area contributed by atoms with Crippen LogP contribution in [0.25, 0.3) is 11.0 Å². The maximum Gasteiger partial charge on any atom is 0.287 e. The summed E-state index contributed by atoms with van der Waals surface area (Å²) < 4.78 is 5.66. The van der Waals surface area contributed by atoms with E-state index in [-0.39, 0.29) is 23.6 Å². The first-order valence-electron chi connectivity index (χ1n) is 7.20. The summed E-state index contributed by atoms with van der Waals surface area (Å²) in [6.07, 6.45) is 1.10. The molecule has 116 valence electrons. The summed E-state index contributed by atoms with van der Waals surface area (Å²) >= 11 is 6.10. The van der Waals surface area contributed by atoms with E-state index in [9.17, 15) is 9.59 Å². The first kappa shape index (κ1) is 14.9. The van der Waals surface area contributed by atoms with Crippen molar-refractivity contribution in [1.82, 2.24) is 10.2 Å². The highest BCUT2D eigenvalue weighted by Gasteiger charge is 2.26. The molecule has 1 fully saturated rings. The number of likely N-dealkylation sites (N-methyl/N-ethyl adjacent to an activating group) is 1. The van der Waals surface area contributed by atoms with Crippen LogP contribution >= 0.6 is 11.6 Å². The van der Waals surface area contributed by atoms with Gasteiger partial charge in [0.25, 0.3) is 5.91 Å². The highest BCUT2D eigenvalue weighted by Crippen LogP contribution is 2.30. The standard InChI is InChI=1S/C16H17ClN2O3/c1-9-11-4-3-5-12(17)15(11)22-14(9)16(21)18-10-6-7-13(20)19(2)8-10/h3-5,10H,6-8H2,1-2H3,(H,18,21). The SMILES string of the molecule is Cc1c(C(=O)NC2CCC(=O)N(C)C2)oc2c(Cl)cccc12. The molecular formula is C16H17ClN2O3. The van der Waals surface area contributed by atoms with E-state index >= 15 is 0 Å². The molecule has 6 heteroatoms. The van der Waals surface area contributed by atoms with Crippen molar-refractivity contribution in [2.75, 3.05) is 13.6 Å². The number of likely N-dealkylation sites (tertiary alicyclic amines) is 1. The van der Waals surface area contributed by atoms with Crippen LogP contribution in [0.5, 0.6) is 0 Å². The lowest BCUT2D eigenvalue weighted by molar-refractivity contribution is -0.132. The molecule has 1 aliphatic heterocycles. The molecule has 0 spiro atoms. The Balaban J connectivity index is 1.82. The molecule has 2 heterocycles. The molecule has 1 atom stereocenters. The summed E-state index contributed by atoms with van der Waals surface area (Å²) in [6.45, 7) is 2.36. The number of para-hydroxylation sites is 1. The lowest BCUT2D eigenvalue weighted by Crippen LogP contribution is -2.48. The molecule has 3 rings (SSSR count). The summed E-state index contributed by atoms with van der Waals surface area (Å²) in [5.74, 6) is 0.123. The largest absolute Gasteiger partial charge is 0.449 e. The van der Waals surface area contributed by atoms with Crippen LogP contribution in [-0.2, 0) is 4.79 Å². The number of nitrogens with one attached hydrogen (secondary N) is 1. The first-order valence-corrected chi connectivity index (χ1v) is 7.57. The first-order chi connectivity index (χ1) is 10.5. The van der Waals surface area contributed by atoms with Crippen molar-refractivity contribution in [3.63, 3.8) is 0 Å². The number of halogens is 1. The topological polar surface area (TPSA) is 62.6 Å². The molecule has 1 N–H and O–H groups in total. The number of fused-ring (bicyclic) bond motifs is 1. The van der Waals surface area contributed by atoms with Gasteiger partial charge in [0.1, 0.15) is 0 Å². The number of carbonyl (C=O) groups excluding carboxylic acids is 2. The zero-order chi connectivity index (χ0) is 15.9. The van der Waals surface area contributed by atoms with Crippen molar-refractivity contribution in [1.29, 1.82) is 0 Å². The van der Waals surface area contributed by atoms with Gasteiger partial charge in [0, 0.05) is 37.0 Å². The van der Waals surface area contributed by atoms with Crippen molar-refractivity contribution in [2.45, 2.75) is 25.8 Å². The van der Waals surface area contributed by atoms with E-state index in [1.54, 1.807) is 18.0 Å². The number of furan rings is 1. The Morgan fingerprint density at radius 3 is 2.91 bits per heavy atom. The predicted molar refractivity (Wildman–Crippen MR) is 84.1 cm³/mol. The molecule has 1 aromatic carbocycles. The Hall–Kier alpha value is -2.01. The Morgan fingerprint density at radius 2 is 2.23 bits per heavy atom. The zero-order valence-electron chi connectivity index (χ0n) is 12.5. The van der Waals surface area contributed by atoms with Gasteiger partial charge < -0.3 is 14.6 Å². The van der Waals surface area contributed by atoms with Gasteiger partial charge in [-0.15, -0.1) is 0 Å². The van der Waals surface area contributed by atoms with E-state index in [0.717, 1.165) is 10.9 Å². The molecule has 2 aromatic rings. The Labute approximate surface area is 133 Å².